The lowest BCUT2D eigenvalue weighted by molar-refractivity contribution is -0.140. The Balaban J connectivity index is 2.68. The molecule has 0 radical (unpaired) electrons. The molecular weight excluding hydrogens is 314 g/mol. The van der Waals surface area contributed by atoms with Gasteiger partial charge in [0.25, 0.3) is 0 Å². The fourth-order valence-electron chi connectivity index (χ4n) is 3.43. The summed E-state index contributed by atoms with van der Waals surface area (Å²) in [6.07, 6.45) is 5.87. The first-order valence-electron chi connectivity index (χ1n) is 8.74. The molecule has 0 saturated carbocycles. The van der Waals surface area contributed by atoms with Crippen molar-refractivity contribution < 1.29 is 29.7 Å². The van der Waals surface area contributed by atoms with Crippen molar-refractivity contribution in [3.63, 3.8) is 0 Å². The average molecular weight is 343 g/mol. The zero-order valence-electron chi connectivity index (χ0n) is 14.2. The van der Waals surface area contributed by atoms with Gasteiger partial charge in [-0.2, -0.15) is 0 Å². The smallest absolute Gasteiger partial charge is 0.317 e. The number of carbonyl (C=O) groups is 3. The van der Waals surface area contributed by atoms with Crippen LogP contribution in [0.15, 0.2) is 0 Å². The summed E-state index contributed by atoms with van der Waals surface area (Å²) in [6, 6.07) is 0. The fraction of sp³-hybridized carbons (Fsp3) is 0.824. The van der Waals surface area contributed by atoms with E-state index in [1.54, 1.807) is 0 Å². The largest absolute Gasteiger partial charge is 0.481 e. The molecule has 0 aromatic heterocycles. The molecule has 2 atom stereocenters. The molecule has 0 aromatic rings. The van der Waals surface area contributed by atoms with Crippen molar-refractivity contribution >= 4 is 17.9 Å². The van der Waals surface area contributed by atoms with E-state index >= 15 is 0 Å². The van der Waals surface area contributed by atoms with Gasteiger partial charge in [-0.15, -0.1) is 0 Å². The maximum Gasteiger partial charge on any atom is 0.317 e. The Morgan fingerprint density at radius 2 is 1.29 bits per heavy atom. The molecule has 7 heteroatoms. The Bertz CT molecular complexity index is 395. The van der Waals surface area contributed by atoms with Crippen molar-refractivity contribution in [1.29, 1.82) is 0 Å². The molecule has 1 aliphatic heterocycles. The van der Waals surface area contributed by atoms with Crippen molar-refractivity contribution in [3.8, 4) is 0 Å². The highest BCUT2D eigenvalue weighted by molar-refractivity contribution is 5.69. The summed E-state index contributed by atoms with van der Waals surface area (Å²) in [5, 5.41) is 27.1. The van der Waals surface area contributed by atoms with Crippen LogP contribution in [0.1, 0.15) is 57.8 Å². The molecule has 1 heterocycles. The number of carboxylic acids is 3. The van der Waals surface area contributed by atoms with Crippen LogP contribution in [0.4, 0.5) is 0 Å². The second kappa shape index (κ2) is 11.0. The van der Waals surface area contributed by atoms with Crippen molar-refractivity contribution in [1.82, 2.24) is 4.90 Å². The molecule has 0 aliphatic carbocycles. The minimum absolute atomic E-state index is 0.0125. The molecule has 24 heavy (non-hydrogen) atoms. The Morgan fingerprint density at radius 3 is 1.83 bits per heavy atom. The van der Waals surface area contributed by atoms with E-state index in [-0.39, 0.29) is 31.2 Å². The van der Waals surface area contributed by atoms with E-state index in [9.17, 15) is 14.4 Å². The summed E-state index contributed by atoms with van der Waals surface area (Å²) in [5.74, 6) is -2.44. The molecule has 0 aromatic carbocycles. The van der Waals surface area contributed by atoms with E-state index in [0.29, 0.717) is 25.9 Å². The molecule has 1 saturated heterocycles. The Labute approximate surface area is 142 Å². The van der Waals surface area contributed by atoms with Gasteiger partial charge in [-0.1, -0.05) is 12.8 Å². The number of hydrogen-bond donors (Lipinski definition) is 3. The molecule has 2 unspecified atom stereocenters. The monoisotopic (exact) mass is 343 g/mol. The van der Waals surface area contributed by atoms with Crippen LogP contribution in [-0.4, -0.2) is 57.8 Å². The van der Waals surface area contributed by atoms with Crippen LogP contribution in [0.25, 0.3) is 0 Å². The first-order valence-corrected chi connectivity index (χ1v) is 8.74. The van der Waals surface area contributed by atoms with Crippen molar-refractivity contribution in [2.45, 2.75) is 57.8 Å². The van der Waals surface area contributed by atoms with E-state index in [0.717, 1.165) is 32.1 Å². The summed E-state index contributed by atoms with van der Waals surface area (Å²) >= 11 is 0. The van der Waals surface area contributed by atoms with E-state index in [1.165, 1.54) is 0 Å². The van der Waals surface area contributed by atoms with E-state index in [4.69, 9.17) is 15.3 Å². The maximum atomic E-state index is 11.1. The molecule has 1 rings (SSSR count). The second-order valence-electron chi connectivity index (χ2n) is 6.81. The second-order valence-corrected chi connectivity index (χ2v) is 6.81. The Morgan fingerprint density at radius 1 is 0.708 bits per heavy atom. The van der Waals surface area contributed by atoms with Gasteiger partial charge in [-0.25, -0.2) is 0 Å². The number of rotatable bonds is 6. The molecule has 1 aliphatic rings. The van der Waals surface area contributed by atoms with Crippen molar-refractivity contribution in [2.24, 2.45) is 11.8 Å². The third-order valence-electron chi connectivity index (χ3n) is 4.71. The number of nitrogens with zero attached hydrogens (tertiary/aromatic N) is 1. The third-order valence-corrected chi connectivity index (χ3v) is 4.71. The highest BCUT2D eigenvalue weighted by Gasteiger charge is 2.21. The quantitative estimate of drug-likeness (QED) is 0.677. The van der Waals surface area contributed by atoms with Crippen LogP contribution in [0.5, 0.6) is 0 Å². The summed E-state index contributed by atoms with van der Waals surface area (Å²) < 4.78 is 0. The third kappa shape index (κ3) is 9.50. The van der Waals surface area contributed by atoms with Gasteiger partial charge in [-0.05, 0) is 57.0 Å². The number of hydrogen-bond acceptors (Lipinski definition) is 4. The lowest BCUT2D eigenvalue weighted by atomic mass is 9.86. The van der Waals surface area contributed by atoms with Gasteiger partial charge in [0.05, 0.1) is 6.54 Å². The van der Waals surface area contributed by atoms with Gasteiger partial charge in [0.15, 0.2) is 0 Å². The van der Waals surface area contributed by atoms with Crippen LogP contribution >= 0.6 is 0 Å². The van der Waals surface area contributed by atoms with Crippen LogP contribution in [0.2, 0.25) is 0 Å². The van der Waals surface area contributed by atoms with Gasteiger partial charge >= 0.3 is 17.9 Å². The van der Waals surface area contributed by atoms with Crippen LogP contribution in [0.3, 0.4) is 0 Å². The standard InChI is InChI=1S/C17H29NO6/c19-15(20)10-13-4-2-1-3-8-18(12-17(23)24)9-7-14(6-5-13)11-16(21)22/h13-14H,1-12H2,(H,19,20)(H,21,22)(H,23,24). The summed E-state index contributed by atoms with van der Waals surface area (Å²) in [7, 11) is 0. The van der Waals surface area contributed by atoms with Gasteiger partial charge < -0.3 is 15.3 Å². The van der Waals surface area contributed by atoms with Crippen LogP contribution < -0.4 is 0 Å². The molecule has 0 amide bonds. The zero-order chi connectivity index (χ0) is 17.9. The highest BCUT2D eigenvalue weighted by atomic mass is 16.4. The summed E-state index contributed by atoms with van der Waals surface area (Å²) in [5.41, 5.74) is 0. The number of aliphatic carboxylic acids is 3. The Kier molecular flexibility index (Phi) is 9.37. The van der Waals surface area contributed by atoms with Crippen LogP contribution in [0, 0.1) is 11.8 Å². The van der Waals surface area contributed by atoms with Gasteiger partial charge in [0.1, 0.15) is 0 Å². The molecule has 138 valence electrons. The van der Waals surface area contributed by atoms with E-state index in [2.05, 4.69) is 0 Å². The average Bonchev–Trinajstić information content (AvgIpc) is 2.45. The molecular formula is C17H29NO6. The van der Waals surface area contributed by atoms with Gasteiger partial charge in [0.2, 0.25) is 0 Å². The lowest BCUT2D eigenvalue weighted by Gasteiger charge is -2.25. The van der Waals surface area contributed by atoms with E-state index < -0.39 is 17.9 Å². The van der Waals surface area contributed by atoms with Crippen molar-refractivity contribution in [2.75, 3.05) is 19.6 Å². The van der Waals surface area contributed by atoms with Gasteiger partial charge in [0, 0.05) is 12.8 Å². The lowest BCUT2D eigenvalue weighted by Crippen LogP contribution is -2.33. The summed E-state index contributed by atoms with van der Waals surface area (Å²) in [4.78, 5) is 34.9. The molecule has 3 N–H and O–H groups in total. The Hall–Kier alpha value is -1.63. The first-order chi connectivity index (χ1) is 11.4. The highest BCUT2D eigenvalue weighted by Crippen LogP contribution is 2.26. The number of carboxylic acid groups (broad SMARTS) is 3. The van der Waals surface area contributed by atoms with Crippen molar-refractivity contribution in [3.05, 3.63) is 0 Å². The normalized spacial score (nSPS) is 24.5. The SMILES string of the molecule is O=C(O)CC1CCCCCN(CC(=O)O)CCC(CC(=O)O)CC1. The first kappa shape index (κ1) is 20.4. The predicted octanol–water partition coefficient (Wildman–Crippen LogP) is 2.30. The summed E-state index contributed by atoms with van der Waals surface area (Å²) in [6.45, 7) is 1.25. The fourth-order valence-corrected chi connectivity index (χ4v) is 3.43. The topological polar surface area (TPSA) is 115 Å². The molecule has 0 bridgehead atoms. The minimum atomic E-state index is -0.863. The maximum absolute atomic E-state index is 11.1. The zero-order valence-corrected chi connectivity index (χ0v) is 14.2. The van der Waals surface area contributed by atoms with Gasteiger partial charge in [-0.3, -0.25) is 19.3 Å². The molecule has 1 fully saturated rings. The predicted molar refractivity (Wildman–Crippen MR) is 87.9 cm³/mol. The molecule has 7 nitrogen and oxygen atoms in total. The minimum Gasteiger partial charge on any atom is -0.481 e. The molecule has 0 spiro atoms. The van der Waals surface area contributed by atoms with E-state index in [1.807, 2.05) is 4.90 Å². The van der Waals surface area contributed by atoms with Crippen LogP contribution in [-0.2, 0) is 14.4 Å².